The van der Waals surface area contributed by atoms with Gasteiger partial charge in [0.15, 0.2) is 6.61 Å². The lowest BCUT2D eigenvalue weighted by Gasteiger charge is -2.16. The lowest BCUT2D eigenvalue weighted by atomic mass is 10.1. The topological polar surface area (TPSA) is 45.0 Å². The fourth-order valence-corrected chi connectivity index (χ4v) is 1.94. The Morgan fingerprint density at radius 3 is 2.52 bits per heavy atom. The van der Waals surface area contributed by atoms with E-state index in [1.165, 1.54) is 12.1 Å². The summed E-state index contributed by atoms with van der Waals surface area (Å²) in [6.45, 7) is 1.78. The number of nitriles is 1. The van der Waals surface area contributed by atoms with Crippen LogP contribution >= 0.6 is 0 Å². The molecule has 0 bridgehead atoms. The fraction of sp³-hybridized carbons (Fsp3) is 0.188. The average molecular weight is 288 g/mol. The maximum atomic E-state index is 13.7. The van der Waals surface area contributed by atoms with Crippen LogP contribution in [0.5, 0.6) is 5.75 Å². The third-order valence-corrected chi connectivity index (χ3v) is 2.97. The number of anilines is 1. The van der Waals surface area contributed by atoms with Gasteiger partial charge in [-0.15, -0.1) is 0 Å². The van der Waals surface area contributed by atoms with Gasteiger partial charge >= 0.3 is 0 Å². The third-order valence-electron chi connectivity index (χ3n) is 2.97. The van der Waals surface area contributed by atoms with E-state index >= 15 is 0 Å². The summed E-state index contributed by atoms with van der Waals surface area (Å²) in [6.07, 6.45) is 0. The summed E-state index contributed by atoms with van der Waals surface area (Å²) in [5, 5.41) is 11.5. The Kier molecular flexibility index (Phi) is 4.72. The van der Waals surface area contributed by atoms with Crippen molar-refractivity contribution in [1.29, 1.82) is 5.26 Å². The van der Waals surface area contributed by atoms with Gasteiger partial charge in [0, 0.05) is 17.3 Å². The van der Waals surface area contributed by atoms with E-state index in [9.17, 15) is 8.78 Å². The zero-order valence-electron chi connectivity index (χ0n) is 11.4. The molecule has 21 heavy (non-hydrogen) atoms. The summed E-state index contributed by atoms with van der Waals surface area (Å²) in [5.41, 5.74) is 1.16. The molecule has 1 atom stereocenters. The molecule has 0 aliphatic heterocycles. The molecule has 1 N–H and O–H groups in total. The standard InChI is InChI=1S/C16H14F2N2O/c1-11(15-7-2-12(17)10-16(15)18)20-13-3-5-14(6-4-13)21-9-8-19/h2-7,10-11,20H,9H2,1H3. The van der Waals surface area contributed by atoms with Crippen molar-refractivity contribution in [2.75, 3.05) is 11.9 Å². The first-order valence-corrected chi connectivity index (χ1v) is 6.41. The van der Waals surface area contributed by atoms with Crippen LogP contribution in [-0.2, 0) is 0 Å². The largest absolute Gasteiger partial charge is 0.479 e. The molecule has 1 unspecified atom stereocenters. The number of benzene rings is 2. The van der Waals surface area contributed by atoms with Gasteiger partial charge in [0.1, 0.15) is 23.5 Å². The van der Waals surface area contributed by atoms with Gasteiger partial charge < -0.3 is 10.1 Å². The molecular formula is C16H14F2N2O. The summed E-state index contributed by atoms with van der Waals surface area (Å²) in [6, 6.07) is 12.1. The van der Waals surface area contributed by atoms with Crippen molar-refractivity contribution in [3.05, 3.63) is 59.7 Å². The van der Waals surface area contributed by atoms with E-state index in [-0.39, 0.29) is 12.6 Å². The summed E-state index contributed by atoms with van der Waals surface area (Å²) < 4.78 is 31.7. The van der Waals surface area contributed by atoms with Crippen molar-refractivity contribution in [1.82, 2.24) is 0 Å². The Morgan fingerprint density at radius 1 is 1.19 bits per heavy atom. The highest BCUT2D eigenvalue weighted by molar-refractivity contribution is 5.48. The predicted octanol–water partition coefficient (Wildman–Crippen LogP) is 4.04. The molecule has 2 aromatic rings. The SMILES string of the molecule is CC(Nc1ccc(OCC#N)cc1)c1ccc(F)cc1F. The van der Waals surface area contributed by atoms with Gasteiger partial charge in [0.25, 0.3) is 0 Å². The van der Waals surface area contributed by atoms with Gasteiger partial charge in [-0.2, -0.15) is 5.26 Å². The van der Waals surface area contributed by atoms with Crippen molar-refractivity contribution in [2.24, 2.45) is 0 Å². The number of halogens is 2. The van der Waals surface area contributed by atoms with Crippen molar-refractivity contribution in [3.8, 4) is 11.8 Å². The van der Waals surface area contributed by atoms with Crippen LogP contribution in [0.2, 0.25) is 0 Å². The van der Waals surface area contributed by atoms with E-state index < -0.39 is 11.6 Å². The second-order valence-corrected chi connectivity index (χ2v) is 4.50. The Morgan fingerprint density at radius 2 is 1.90 bits per heavy atom. The van der Waals surface area contributed by atoms with Crippen LogP contribution in [0.15, 0.2) is 42.5 Å². The molecule has 2 aromatic carbocycles. The molecule has 0 heterocycles. The van der Waals surface area contributed by atoms with Crippen LogP contribution in [-0.4, -0.2) is 6.61 Å². The maximum absolute atomic E-state index is 13.7. The van der Waals surface area contributed by atoms with Crippen LogP contribution in [0.4, 0.5) is 14.5 Å². The zero-order valence-corrected chi connectivity index (χ0v) is 11.4. The summed E-state index contributed by atoms with van der Waals surface area (Å²) in [7, 11) is 0. The van der Waals surface area contributed by atoms with Crippen molar-refractivity contribution in [2.45, 2.75) is 13.0 Å². The van der Waals surface area contributed by atoms with Crippen LogP contribution in [0.1, 0.15) is 18.5 Å². The van der Waals surface area contributed by atoms with E-state index in [0.29, 0.717) is 11.3 Å². The summed E-state index contributed by atoms with van der Waals surface area (Å²) in [5.74, 6) is -0.589. The van der Waals surface area contributed by atoms with Gasteiger partial charge in [-0.1, -0.05) is 6.07 Å². The smallest absolute Gasteiger partial charge is 0.174 e. The van der Waals surface area contributed by atoms with E-state index in [0.717, 1.165) is 11.8 Å². The van der Waals surface area contributed by atoms with Crippen molar-refractivity contribution in [3.63, 3.8) is 0 Å². The second kappa shape index (κ2) is 6.71. The molecule has 2 rings (SSSR count). The number of ether oxygens (including phenoxy) is 1. The Bertz CT molecular complexity index is 650. The van der Waals surface area contributed by atoms with E-state index in [1.54, 1.807) is 31.2 Å². The van der Waals surface area contributed by atoms with Gasteiger partial charge in [-0.05, 0) is 37.3 Å². The number of nitrogens with zero attached hydrogens (tertiary/aromatic N) is 1. The first-order chi connectivity index (χ1) is 10.1. The summed E-state index contributed by atoms with van der Waals surface area (Å²) in [4.78, 5) is 0. The molecule has 0 amide bonds. The number of nitrogens with one attached hydrogen (secondary N) is 1. The minimum Gasteiger partial charge on any atom is -0.479 e. The molecule has 0 spiro atoms. The molecule has 0 aromatic heterocycles. The Balaban J connectivity index is 2.05. The van der Waals surface area contributed by atoms with Gasteiger partial charge in [0.05, 0.1) is 6.04 Å². The number of rotatable bonds is 5. The molecule has 0 saturated carbocycles. The van der Waals surface area contributed by atoms with Crippen LogP contribution in [0, 0.1) is 23.0 Å². The average Bonchev–Trinajstić information content (AvgIpc) is 2.46. The molecule has 0 aliphatic rings. The highest BCUT2D eigenvalue weighted by Crippen LogP contribution is 2.23. The van der Waals surface area contributed by atoms with Crippen molar-refractivity contribution >= 4 is 5.69 Å². The van der Waals surface area contributed by atoms with Gasteiger partial charge in [0.2, 0.25) is 0 Å². The highest BCUT2D eigenvalue weighted by atomic mass is 19.1. The molecule has 5 heteroatoms. The highest BCUT2D eigenvalue weighted by Gasteiger charge is 2.11. The monoisotopic (exact) mass is 288 g/mol. The van der Waals surface area contributed by atoms with Gasteiger partial charge in [-0.25, -0.2) is 8.78 Å². The first-order valence-electron chi connectivity index (χ1n) is 6.41. The van der Waals surface area contributed by atoms with E-state index in [4.69, 9.17) is 10.00 Å². The quantitative estimate of drug-likeness (QED) is 0.903. The fourth-order valence-electron chi connectivity index (χ4n) is 1.94. The molecule has 3 nitrogen and oxygen atoms in total. The molecule has 0 fully saturated rings. The minimum absolute atomic E-state index is 0.00995. The molecule has 108 valence electrons. The second-order valence-electron chi connectivity index (χ2n) is 4.50. The van der Waals surface area contributed by atoms with Crippen LogP contribution in [0.3, 0.4) is 0 Å². The van der Waals surface area contributed by atoms with Crippen molar-refractivity contribution < 1.29 is 13.5 Å². The lowest BCUT2D eigenvalue weighted by Crippen LogP contribution is -2.08. The number of hydrogen-bond donors (Lipinski definition) is 1. The number of hydrogen-bond acceptors (Lipinski definition) is 3. The molecule has 0 radical (unpaired) electrons. The van der Waals surface area contributed by atoms with Crippen LogP contribution in [0.25, 0.3) is 0 Å². The summed E-state index contributed by atoms with van der Waals surface area (Å²) >= 11 is 0. The normalized spacial score (nSPS) is 11.5. The van der Waals surface area contributed by atoms with E-state index in [1.807, 2.05) is 6.07 Å². The third kappa shape index (κ3) is 3.93. The predicted molar refractivity (Wildman–Crippen MR) is 75.9 cm³/mol. The zero-order chi connectivity index (χ0) is 15.2. The van der Waals surface area contributed by atoms with Gasteiger partial charge in [-0.3, -0.25) is 0 Å². The molecule has 0 aliphatic carbocycles. The maximum Gasteiger partial charge on any atom is 0.174 e. The molecular weight excluding hydrogens is 274 g/mol. The molecule has 0 saturated heterocycles. The van der Waals surface area contributed by atoms with Crippen LogP contribution < -0.4 is 10.1 Å². The first kappa shape index (κ1) is 14.8. The minimum atomic E-state index is -0.595. The Labute approximate surface area is 121 Å². The Hall–Kier alpha value is -2.61. The lowest BCUT2D eigenvalue weighted by molar-refractivity contribution is 0.368. The van der Waals surface area contributed by atoms with E-state index in [2.05, 4.69) is 5.32 Å².